The molecular weight excluding hydrogens is 238 g/mol. The van der Waals surface area contributed by atoms with Crippen LogP contribution in [0.4, 0.5) is 0 Å². The number of aryl methyl sites for hydroxylation is 1. The average Bonchev–Trinajstić information content (AvgIpc) is 2.83. The molecule has 0 aromatic carbocycles. The number of thiophene rings is 1. The van der Waals surface area contributed by atoms with Gasteiger partial charge in [-0.05, 0) is 48.6 Å². The fourth-order valence-corrected chi connectivity index (χ4v) is 3.99. The molecule has 1 atom stereocenters. The van der Waals surface area contributed by atoms with Gasteiger partial charge < -0.3 is 5.73 Å². The van der Waals surface area contributed by atoms with Gasteiger partial charge >= 0.3 is 0 Å². The first-order chi connectivity index (χ1) is 8.70. The molecule has 1 aliphatic rings. The van der Waals surface area contributed by atoms with Crippen molar-refractivity contribution in [3.05, 3.63) is 21.9 Å². The number of rotatable bonds is 5. The van der Waals surface area contributed by atoms with Crippen LogP contribution in [0.5, 0.6) is 0 Å². The van der Waals surface area contributed by atoms with Gasteiger partial charge in [0, 0.05) is 10.9 Å². The SMILES string of the molecule is CCCCC1CCC(C(N)c2csc(C)c2)CC1. The third kappa shape index (κ3) is 3.58. The van der Waals surface area contributed by atoms with Crippen molar-refractivity contribution in [3.8, 4) is 0 Å². The third-order valence-electron chi connectivity index (χ3n) is 4.50. The van der Waals surface area contributed by atoms with Crippen LogP contribution >= 0.6 is 11.3 Å². The molecule has 18 heavy (non-hydrogen) atoms. The predicted octanol–water partition coefficient (Wildman–Crippen LogP) is 5.05. The second-order valence-corrected chi connectivity index (χ2v) is 7.05. The molecule has 0 saturated heterocycles. The van der Waals surface area contributed by atoms with Gasteiger partial charge in [0.15, 0.2) is 0 Å². The van der Waals surface area contributed by atoms with Gasteiger partial charge in [-0.1, -0.05) is 39.0 Å². The highest BCUT2D eigenvalue weighted by Gasteiger charge is 2.26. The van der Waals surface area contributed by atoms with Crippen molar-refractivity contribution in [2.45, 2.75) is 64.8 Å². The van der Waals surface area contributed by atoms with Gasteiger partial charge in [-0.2, -0.15) is 0 Å². The number of unbranched alkanes of at least 4 members (excludes halogenated alkanes) is 1. The van der Waals surface area contributed by atoms with E-state index < -0.39 is 0 Å². The molecule has 0 aliphatic heterocycles. The Balaban J connectivity index is 1.82. The Morgan fingerprint density at radius 1 is 1.33 bits per heavy atom. The smallest absolute Gasteiger partial charge is 0.0331 e. The van der Waals surface area contributed by atoms with Crippen molar-refractivity contribution >= 4 is 11.3 Å². The molecule has 1 heterocycles. The van der Waals surface area contributed by atoms with Crippen molar-refractivity contribution in [2.24, 2.45) is 17.6 Å². The molecule has 2 N–H and O–H groups in total. The van der Waals surface area contributed by atoms with Gasteiger partial charge in [-0.15, -0.1) is 11.3 Å². The van der Waals surface area contributed by atoms with E-state index in [0.717, 1.165) is 11.8 Å². The minimum Gasteiger partial charge on any atom is -0.324 e. The minimum absolute atomic E-state index is 0.280. The summed E-state index contributed by atoms with van der Waals surface area (Å²) in [6, 6.07) is 2.56. The second kappa shape index (κ2) is 6.72. The Morgan fingerprint density at radius 2 is 2.06 bits per heavy atom. The molecule has 1 aromatic rings. The van der Waals surface area contributed by atoms with Crippen molar-refractivity contribution in [1.29, 1.82) is 0 Å². The Bertz CT molecular complexity index is 350. The van der Waals surface area contributed by atoms with Gasteiger partial charge in [-0.3, -0.25) is 0 Å². The van der Waals surface area contributed by atoms with E-state index in [1.54, 1.807) is 0 Å². The van der Waals surface area contributed by atoms with Gasteiger partial charge in [0.05, 0.1) is 0 Å². The lowest BCUT2D eigenvalue weighted by Crippen LogP contribution is -2.25. The van der Waals surface area contributed by atoms with Crippen LogP contribution in [0.15, 0.2) is 11.4 Å². The summed E-state index contributed by atoms with van der Waals surface area (Å²) in [6.07, 6.45) is 9.67. The molecule has 0 radical (unpaired) electrons. The van der Waals surface area contributed by atoms with Gasteiger partial charge in [0.25, 0.3) is 0 Å². The monoisotopic (exact) mass is 265 g/mol. The summed E-state index contributed by atoms with van der Waals surface area (Å²) in [5.74, 6) is 1.70. The van der Waals surface area contributed by atoms with E-state index in [1.165, 1.54) is 55.4 Å². The zero-order valence-electron chi connectivity index (χ0n) is 11.8. The van der Waals surface area contributed by atoms with Crippen LogP contribution in [0.3, 0.4) is 0 Å². The topological polar surface area (TPSA) is 26.0 Å². The maximum atomic E-state index is 6.44. The highest BCUT2D eigenvalue weighted by molar-refractivity contribution is 7.10. The maximum Gasteiger partial charge on any atom is 0.0331 e. The lowest BCUT2D eigenvalue weighted by molar-refractivity contribution is 0.233. The van der Waals surface area contributed by atoms with E-state index in [1.807, 2.05) is 11.3 Å². The molecule has 0 amide bonds. The van der Waals surface area contributed by atoms with Crippen LogP contribution in [-0.2, 0) is 0 Å². The van der Waals surface area contributed by atoms with Gasteiger partial charge in [0.1, 0.15) is 0 Å². The first kappa shape index (κ1) is 14.1. The minimum atomic E-state index is 0.280. The van der Waals surface area contributed by atoms with E-state index in [2.05, 4.69) is 25.3 Å². The van der Waals surface area contributed by atoms with E-state index >= 15 is 0 Å². The summed E-state index contributed by atoms with van der Waals surface area (Å²) in [4.78, 5) is 1.39. The molecule has 2 heteroatoms. The quantitative estimate of drug-likeness (QED) is 0.792. The molecule has 1 unspecified atom stereocenters. The molecule has 0 bridgehead atoms. The molecule has 1 aromatic heterocycles. The Morgan fingerprint density at radius 3 is 2.61 bits per heavy atom. The van der Waals surface area contributed by atoms with Crippen LogP contribution in [0.2, 0.25) is 0 Å². The van der Waals surface area contributed by atoms with Crippen LogP contribution in [0, 0.1) is 18.8 Å². The lowest BCUT2D eigenvalue weighted by Gasteiger charge is -2.32. The standard InChI is InChI=1S/C16H27NS/c1-3-4-5-13-6-8-14(9-7-13)16(17)15-10-12(2)18-11-15/h10-11,13-14,16H,3-9,17H2,1-2H3. The molecule has 2 rings (SSSR count). The van der Waals surface area contributed by atoms with Crippen molar-refractivity contribution in [2.75, 3.05) is 0 Å². The van der Waals surface area contributed by atoms with Crippen LogP contribution in [0.25, 0.3) is 0 Å². The molecule has 1 saturated carbocycles. The first-order valence-electron chi connectivity index (χ1n) is 7.51. The Hall–Kier alpha value is -0.340. The molecule has 102 valence electrons. The van der Waals surface area contributed by atoms with E-state index in [0.29, 0.717) is 0 Å². The fraction of sp³-hybridized carbons (Fsp3) is 0.750. The van der Waals surface area contributed by atoms with Crippen molar-refractivity contribution < 1.29 is 0 Å². The van der Waals surface area contributed by atoms with Crippen LogP contribution in [-0.4, -0.2) is 0 Å². The average molecular weight is 265 g/mol. The summed E-state index contributed by atoms with van der Waals surface area (Å²) in [5.41, 5.74) is 7.81. The third-order valence-corrected chi connectivity index (χ3v) is 5.38. The summed E-state index contributed by atoms with van der Waals surface area (Å²) in [6.45, 7) is 4.46. The molecule has 1 aliphatic carbocycles. The Kier molecular flexibility index (Phi) is 5.25. The Labute approximate surface area is 116 Å². The molecule has 1 nitrogen and oxygen atoms in total. The molecular formula is C16H27NS. The van der Waals surface area contributed by atoms with Crippen molar-refractivity contribution in [1.82, 2.24) is 0 Å². The highest BCUT2D eigenvalue weighted by Crippen LogP contribution is 2.38. The predicted molar refractivity (Wildman–Crippen MR) is 81.0 cm³/mol. The number of hydrogen-bond donors (Lipinski definition) is 1. The summed E-state index contributed by atoms with van der Waals surface area (Å²) in [7, 11) is 0. The van der Waals surface area contributed by atoms with Gasteiger partial charge in [-0.25, -0.2) is 0 Å². The molecule has 0 spiro atoms. The highest BCUT2D eigenvalue weighted by atomic mass is 32.1. The second-order valence-electron chi connectivity index (χ2n) is 5.94. The molecule has 1 fully saturated rings. The maximum absolute atomic E-state index is 6.44. The zero-order valence-corrected chi connectivity index (χ0v) is 12.6. The summed E-state index contributed by atoms with van der Waals surface area (Å²) in [5, 5.41) is 2.25. The van der Waals surface area contributed by atoms with Crippen molar-refractivity contribution in [3.63, 3.8) is 0 Å². The van der Waals surface area contributed by atoms with E-state index in [4.69, 9.17) is 5.73 Å². The van der Waals surface area contributed by atoms with Crippen LogP contribution in [0.1, 0.15) is 68.4 Å². The number of hydrogen-bond acceptors (Lipinski definition) is 2. The summed E-state index contributed by atoms with van der Waals surface area (Å²) >= 11 is 1.83. The van der Waals surface area contributed by atoms with E-state index in [9.17, 15) is 0 Å². The number of nitrogens with two attached hydrogens (primary N) is 1. The first-order valence-corrected chi connectivity index (χ1v) is 8.39. The largest absolute Gasteiger partial charge is 0.324 e. The van der Waals surface area contributed by atoms with Gasteiger partial charge in [0.2, 0.25) is 0 Å². The zero-order chi connectivity index (χ0) is 13.0. The summed E-state index contributed by atoms with van der Waals surface area (Å²) < 4.78 is 0. The normalized spacial score (nSPS) is 26.2. The van der Waals surface area contributed by atoms with E-state index in [-0.39, 0.29) is 6.04 Å². The van der Waals surface area contributed by atoms with Crippen LogP contribution < -0.4 is 5.73 Å². The lowest BCUT2D eigenvalue weighted by atomic mass is 9.76. The fourth-order valence-electron chi connectivity index (χ4n) is 3.24.